The molecule has 0 bridgehead atoms. The first kappa shape index (κ1) is 8.32. The molecule has 0 aliphatic rings. The van der Waals surface area contributed by atoms with Crippen molar-refractivity contribution in [2.75, 3.05) is 5.73 Å². The Kier molecular flexibility index (Phi) is 1.85. The molecule has 2 rings (SSSR count). The van der Waals surface area contributed by atoms with Crippen LogP contribution in [0, 0.1) is 5.82 Å². The van der Waals surface area contributed by atoms with Gasteiger partial charge in [0.05, 0.1) is 5.02 Å². The van der Waals surface area contributed by atoms with Crippen LogP contribution in [-0.4, -0.2) is 0 Å². The highest BCUT2D eigenvalue weighted by Crippen LogP contribution is 2.29. The lowest BCUT2D eigenvalue weighted by Crippen LogP contribution is -1.87. The SMILES string of the molecule is Nc1cccc2c(Cl)c(F)ccc12. The number of rotatable bonds is 0. The van der Waals surface area contributed by atoms with Gasteiger partial charge in [0.1, 0.15) is 5.82 Å². The van der Waals surface area contributed by atoms with E-state index in [0.29, 0.717) is 11.1 Å². The first-order chi connectivity index (χ1) is 6.20. The van der Waals surface area contributed by atoms with Gasteiger partial charge in [-0.15, -0.1) is 0 Å². The molecule has 3 heteroatoms. The molecule has 0 saturated carbocycles. The van der Waals surface area contributed by atoms with Crippen LogP contribution in [0.1, 0.15) is 0 Å². The zero-order valence-electron chi connectivity index (χ0n) is 6.72. The molecule has 0 heterocycles. The fourth-order valence-electron chi connectivity index (χ4n) is 1.32. The molecule has 0 fully saturated rings. The number of fused-ring (bicyclic) bond motifs is 1. The summed E-state index contributed by atoms with van der Waals surface area (Å²) < 4.78 is 13.0. The van der Waals surface area contributed by atoms with Gasteiger partial charge in [0.2, 0.25) is 0 Å². The smallest absolute Gasteiger partial charge is 0.142 e. The second-order valence-corrected chi connectivity index (χ2v) is 3.18. The van der Waals surface area contributed by atoms with Gasteiger partial charge in [-0.05, 0) is 18.2 Å². The van der Waals surface area contributed by atoms with Crippen molar-refractivity contribution in [1.29, 1.82) is 0 Å². The molecule has 13 heavy (non-hydrogen) atoms. The first-order valence-electron chi connectivity index (χ1n) is 3.82. The van der Waals surface area contributed by atoms with Crippen molar-refractivity contribution in [3.63, 3.8) is 0 Å². The largest absolute Gasteiger partial charge is 0.398 e. The van der Waals surface area contributed by atoms with E-state index in [2.05, 4.69) is 0 Å². The Labute approximate surface area is 79.9 Å². The van der Waals surface area contributed by atoms with Crippen LogP contribution in [0.25, 0.3) is 10.8 Å². The Bertz CT molecular complexity index is 468. The highest BCUT2D eigenvalue weighted by Gasteiger charge is 2.05. The van der Waals surface area contributed by atoms with Crippen LogP contribution in [0.5, 0.6) is 0 Å². The number of hydrogen-bond donors (Lipinski definition) is 1. The van der Waals surface area contributed by atoms with E-state index >= 15 is 0 Å². The first-order valence-corrected chi connectivity index (χ1v) is 4.20. The van der Waals surface area contributed by atoms with Crippen molar-refractivity contribution in [2.24, 2.45) is 0 Å². The monoisotopic (exact) mass is 195 g/mol. The maximum absolute atomic E-state index is 13.0. The van der Waals surface area contributed by atoms with Gasteiger partial charge in [-0.2, -0.15) is 0 Å². The van der Waals surface area contributed by atoms with E-state index in [4.69, 9.17) is 17.3 Å². The molecule has 0 aliphatic carbocycles. The minimum absolute atomic E-state index is 0.129. The molecule has 0 atom stereocenters. The van der Waals surface area contributed by atoms with Crippen LogP contribution >= 0.6 is 11.6 Å². The molecule has 0 amide bonds. The summed E-state index contributed by atoms with van der Waals surface area (Å²) in [6.07, 6.45) is 0. The van der Waals surface area contributed by atoms with Gasteiger partial charge >= 0.3 is 0 Å². The molecular formula is C10H7ClFN. The zero-order chi connectivity index (χ0) is 9.42. The molecule has 0 aromatic heterocycles. The molecule has 0 saturated heterocycles. The summed E-state index contributed by atoms with van der Waals surface area (Å²) in [5.74, 6) is -0.417. The molecule has 1 nitrogen and oxygen atoms in total. The summed E-state index contributed by atoms with van der Waals surface area (Å²) >= 11 is 5.77. The third-order valence-electron chi connectivity index (χ3n) is 1.98. The van der Waals surface area contributed by atoms with Gasteiger partial charge < -0.3 is 5.73 Å². The van der Waals surface area contributed by atoms with Gasteiger partial charge in [0.25, 0.3) is 0 Å². The second kappa shape index (κ2) is 2.89. The summed E-state index contributed by atoms with van der Waals surface area (Å²) in [5.41, 5.74) is 6.30. The van der Waals surface area contributed by atoms with Crippen LogP contribution in [0.2, 0.25) is 5.02 Å². The average Bonchev–Trinajstić information content (AvgIpc) is 2.12. The van der Waals surface area contributed by atoms with E-state index in [1.54, 1.807) is 24.3 Å². The average molecular weight is 196 g/mol. The predicted octanol–water partition coefficient (Wildman–Crippen LogP) is 3.21. The summed E-state index contributed by atoms with van der Waals surface area (Å²) in [4.78, 5) is 0. The fourth-order valence-corrected chi connectivity index (χ4v) is 1.55. The van der Waals surface area contributed by atoms with E-state index in [1.807, 2.05) is 0 Å². The minimum atomic E-state index is -0.417. The van der Waals surface area contributed by atoms with Crippen LogP contribution in [-0.2, 0) is 0 Å². The van der Waals surface area contributed by atoms with Gasteiger partial charge in [-0.25, -0.2) is 4.39 Å². The molecular weight excluding hydrogens is 189 g/mol. The Hall–Kier alpha value is -1.28. The van der Waals surface area contributed by atoms with Crippen LogP contribution in [0.15, 0.2) is 30.3 Å². The predicted molar refractivity (Wildman–Crippen MR) is 53.3 cm³/mol. The molecule has 66 valence electrons. The summed E-state index contributed by atoms with van der Waals surface area (Å²) in [6.45, 7) is 0. The fraction of sp³-hybridized carbons (Fsp3) is 0. The Morgan fingerprint density at radius 2 is 1.85 bits per heavy atom. The quantitative estimate of drug-likeness (QED) is 0.642. The lowest BCUT2D eigenvalue weighted by molar-refractivity contribution is 0.630. The van der Waals surface area contributed by atoms with Gasteiger partial charge in [-0.1, -0.05) is 23.7 Å². The van der Waals surface area contributed by atoms with Crippen molar-refractivity contribution >= 4 is 28.1 Å². The number of halogens is 2. The molecule has 2 aromatic rings. The van der Waals surface area contributed by atoms with Crippen LogP contribution in [0.3, 0.4) is 0 Å². The van der Waals surface area contributed by atoms with E-state index in [1.165, 1.54) is 6.07 Å². The Morgan fingerprint density at radius 3 is 2.62 bits per heavy atom. The van der Waals surface area contributed by atoms with Crippen molar-refractivity contribution < 1.29 is 4.39 Å². The second-order valence-electron chi connectivity index (χ2n) is 2.80. The molecule has 0 radical (unpaired) electrons. The van der Waals surface area contributed by atoms with E-state index < -0.39 is 5.82 Å². The summed E-state index contributed by atoms with van der Waals surface area (Å²) in [5, 5.41) is 1.57. The number of nitrogens with two attached hydrogens (primary N) is 1. The van der Waals surface area contributed by atoms with Crippen LogP contribution < -0.4 is 5.73 Å². The highest BCUT2D eigenvalue weighted by molar-refractivity contribution is 6.36. The zero-order valence-corrected chi connectivity index (χ0v) is 7.48. The maximum Gasteiger partial charge on any atom is 0.142 e. The topological polar surface area (TPSA) is 26.0 Å². The van der Waals surface area contributed by atoms with Crippen molar-refractivity contribution in [2.45, 2.75) is 0 Å². The Balaban J connectivity index is 2.94. The molecule has 0 unspecified atom stereocenters. The van der Waals surface area contributed by atoms with Crippen LogP contribution in [0.4, 0.5) is 10.1 Å². The lowest BCUT2D eigenvalue weighted by atomic mass is 10.1. The third-order valence-corrected chi connectivity index (χ3v) is 2.37. The summed E-state index contributed by atoms with van der Waals surface area (Å²) in [7, 11) is 0. The highest BCUT2D eigenvalue weighted by atomic mass is 35.5. The minimum Gasteiger partial charge on any atom is -0.398 e. The molecule has 2 N–H and O–H groups in total. The molecule has 2 aromatic carbocycles. The van der Waals surface area contributed by atoms with Crippen molar-refractivity contribution in [1.82, 2.24) is 0 Å². The number of anilines is 1. The van der Waals surface area contributed by atoms with Gasteiger partial charge in [0.15, 0.2) is 0 Å². The van der Waals surface area contributed by atoms with Gasteiger partial charge in [-0.3, -0.25) is 0 Å². The van der Waals surface area contributed by atoms with Crippen molar-refractivity contribution in [3.8, 4) is 0 Å². The lowest BCUT2D eigenvalue weighted by Gasteiger charge is -2.03. The van der Waals surface area contributed by atoms with Crippen molar-refractivity contribution in [3.05, 3.63) is 41.2 Å². The van der Waals surface area contributed by atoms with E-state index in [0.717, 1.165) is 5.39 Å². The third kappa shape index (κ3) is 1.23. The van der Waals surface area contributed by atoms with E-state index in [-0.39, 0.29) is 5.02 Å². The van der Waals surface area contributed by atoms with Gasteiger partial charge in [0, 0.05) is 16.5 Å². The normalized spacial score (nSPS) is 10.6. The maximum atomic E-state index is 13.0. The number of nitrogen functional groups attached to an aromatic ring is 1. The Morgan fingerprint density at radius 1 is 1.08 bits per heavy atom. The molecule has 0 aliphatic heterocycles. The summed E-state index contributed by atoms with van der Waals surface area (Å²) in [6, 6.07) is 8.21. The van der Waals surface area contributed by atoms with E-state index in [9.17, 15) is 4.39 Å². The number of hydrogen-bond acceptors (Lipinski definition) is 1. The number of benzene rings is 2. The standard InChI is InChI=1S/C10H7ClFN/c11-10-7-2-1-3-9(13)6(7)4-5-8(10)12/h1-5H,13H2. The molecule has 0 spiro atoms.